The summed E-state index contributed by atoms with van der Waals surface area (Å²) < 4.78 is 0. The fourth-order valence-corrected chi connectivity index (χ4v) is 1.57. The van der Waals surface area contributed by atoms with Crippen LogP contribution < -0.4 is 5.32 Å². The molecule has 1 unspecified atom stereocenters. The molecular weight excluding hydrogens is 242 g/mol. The van der Waals surface area contributed by atoms with Crippen molar-refractivity contribution < 1.29 is 4.79 Å². The van der Waals surface area contributed by atoms with Crippen LogP contribution in [0.4, 0.5) is 0 Å². The SMILES string of the molecule is CC(C)C(CCBr)NC(=O)C(C)(C)C. The molecule has 0 heterocycles. The van der Waals surface area contributed by atoms with E-state index >= 15 is 0 Å². The lowest BCUT2D eigenvalue weighted by molar-refractivity contribution is -0.129. The Bertz CT molecular complexity index is 184. The number of amides is 1. The molecule has 1 atom stereocenters. The molecule has 14 heavy (non-hydrogen) atoms. The predicted octanol–water partition coefficient (Wildman–Crippen LogP) is 2.96. The Hall–Kier alpha value is -0.0500. The van der Waals surface area contributed by atoms with Gasteiger partial charge in [0.15, 0.2) is 0 Å². The Morgan fingerprint density at radius 1 is 1.36 bits per heavy atom. The zero-order valence-corrected chi connectivity index (χ0v) is 11.4. The molecular formula is C11H22BrNO. The van der Waals surface area contributed by atoms with Crippen LogP contribution in [-0.2, 0) is 4.79 Å². The largest absolute Gasteiger partial charge is 0.353 e. The van der Waals surface area contributed by atoms with Gasteiger partial charge in [-0.15, -0.1) is 0 Å². The van der Waals surface area contributed by atoms with Gasteiger partial charge in [0.25, 0.3) is 0 Å². The molecule has 0 aliphatic heterocycles. The number of rotatable bonds is 4. The van der Waals surface area contributed by atoms with Crippen LogP contribution in [0.3, 0.4) is 0 Å². The molecule has 3 heteroatoms. The van der Waals surface area contributed by atoms with Crippen LogP contribution in [0.15, 0.2) is 0 Å². The Balaban J connectivity index is 4.24. The molecule has 0 aromatic rings. The molecule has 0 radical (unpaired) electrons. The van der Waals surface area contributed by atoms with E-state index in [1.807, 2.05) is 20.8 Å². The van der Waals surface area contributed by atoms with Gasteiger partial charge in [0, 0.05) is 16.8 Å². The quantitative estimate of drug-likeness (QED) is 0.777. The smallest absolute Gasteiger partial charge is 0.225 e. The zero-order chi connectivity index (χ0) is 11.4. The van der Waals surface area contributed by atoms with Gasteiger partial charge in [0.05, 0.1) is 0 Å². The molecule has 0 rings (SSSR count). The lowest BCUT2D eigenvalue weighted by atomic mass is 9.93. The van der Waals surface area contributed by atoms with Gasteiger partial charge in [-0.3, -0.25) is 4.79 Å². The molecule has 1 amide bonds. The van der Waals surface area contributed by atoms with Gasteiger partial charge in [0.1, 0.15) is 0 Å². The number of alkyl halides is 1. The second-order valence-corrected chi connectivity index (χ2v) is 5.84. The molecule has 0 aromatic heterocycles. The Morgan fingerprint density at radius 2 is 1.86 bits per heavy atom. The highest BCUT2D eigenvalue weighted by molar-refractivity contribution is 9.09. The molecule has 0 saturated carbocycles. The zero-order valence-electron chi connectivity index (χ0n) is 9.86. The third kappa shape index (κ3) is 4.99. The van der Waals surface area contributed by atoms with E-state index in [2.05, 4.69) is 35.1 Å². The van der Waals surface area contributed by atoms with Crippen molar-refractivity contribution in [1.82, 2.24) is 5.32 Å². The number of nitrogens with one attached hydrogen (secondary N) is 1. The molecule has 0 saturated heterocycles. The molecule has 0 aliphatic rings. The first-order chi connectivity index (χ1) is 6.29. The summed E-state index contributed by atoms with van der Waals surface area (Å²) in [5, 5.41) is 4.02. The first kappa shape index (κ1) is 13.9. The molecule has 2 nitrogen and oxygen atoms in total. The Kier molecular flexibility index (Phi) is 5.72. The highest BCUT2D eigenvalue weighted by Gasteiger charge is 2.24. The molecule has 0 fully saturated rings. The van der Waals surface area contributed by atoms with Crippen molar-refractivity contribution in [2.45, 2.75) is 47.1 Å². The number of hydrogen-bond donors (Lipinski definition) is 1. The van der Waals surface area contributed by atoms with Gasteiger partial charge in [-0.25, -0.2) is 0 Å². The van der Waals surface area contributed by atoms with Crippen molar-refractivity contribution in [2.24, 2.45) is 11.3 Å². The third-order valence-electron chi connectivity index (χ3n) is 2.22. The highest BCUT2D eigenvalue weighted by Crippen LogP contribution is 2.15. The van der Waals surface area contributed by atoms with E-state index in [9.17, 15) is 4.79 Å². The normalized spacial score (nSPS) is 14.2. The van der Waals surface area contributed by atoms with Gasteiger partial charge < -0.3 is 5.32 Å². The Labute approximate surface area is 96.0 Å². The summed E-state index contributed by atoms with van der Waals surface area (Å²) in [4.78, 5) is 11.7. The number of halogens is 1. The summed E-state index contributed by atoms with van der Waals surface area (Å²) >= 11 is 3.41. The fourth-order valence-electron chi connectivity index (χ4n) is 1.07. The van der Waals surface area contributed by atoms with E-state index in [4.69, 9.17) is 0 Å². The van der Waals surface area contributed by atoms with E-state index in [1.165, 1.54) is 0 Å². The number of carbonyl (C=O) groups is 1. The molecule has 0 aromatic carbocycles. The summed E-state index contributed by atoms with van der Waals surface area (Å²) in [6.07, 6.45) is 0.986. The van der Waals surface area contributed by atoms with Gasteiger partial charge >= 0.3 is 0 Å². The first-order valence-electron chi connectivity index (χ1n) is 5.16. The second-order valence-electron chi connectivity index (χ2n) is 5.05. The number of hydrogen-bond acceptors (Lipinski definition) is 1. The van der Waals surface area contributed by atoms with E-state index < -0.39 is 0 Å². The predicted molar refractivity (Wildman–Crippen MR) is 64.6 cm³/mol. The summed E-state index contributed by atoms with van der Waals surface area (Å²) in [7, 11) is 0. The van der Waals surface area contributed by atoms with Crippen molar-refractivity contribution >= 4 is 21.8 Å². The van der Waals surface area contributed by atoms with Crippen molar-refractivity contribution in [3.05, 3.63) is 0 Å². The first-order valence-corrected chi connectivity index (χ1v) is 6.28. The highest BCUT2D eigenvalue weighted by atomic mass is 79.9. The minimum atomic E-state index is -0.292. The monoisotopic (exact) mass is 263 g/mol. The molecule has 0 spiro atoms. The van der Waals surface area contributed by atoms with Crippen molar-refractivity contribution in [2.75, 3.05) is 5.33 Å². The molecule has 0 bridgehead atoms. The van der Waals surface area contributed by atoms with E-state index in [1.54, 1.807) is 0 Å². The van der Waals surface area contributed by atoms with Crippen molar-refractivity contribution in [3.63, 3.8) is 0 Å². The van der Waals surface area contributed by atoms with Crippen LogP contribution in [0, 0.1) is 11.3 Å². The van der Waals surface area contributed by atoms with Crippen LogP contribution in [0.5, 0.6) is 0 Å². The maximum atomic E-state index is 11.7. The topological polar surface area (TPSA) is 29.1 Å². The summed E-state index contributed by atoms with van der Waals surface area (Å²) in [5.41, 5.74) is -0.292. The Morgan fingerprint density at radius 3 is 2.14 bits per heavy atom. The van der Waals surface area contributed by atoms with E-state index in [0.717, 1.165) is 11.8 Å². The van der Waals surface area contributed by atoms with Gasteiger partial charge in [-0.1, -0.05) is 50.5 Å². The molecule has 1 N–H and O–H groups in total. The summed E-state index contributed by atoms with van der Waals surface area (Å²) in [5.74, 6) is 0.621. The van der Waals surface area contributed by atoms with Crippen molar-refractivity contribution in [3.8, 4) is 0 Å². The molecule has 0 aliphatic carbocycles. The number of carbonyl (C=O) groups excluding carboxylic acids is 1. The lowest BCUT2D eigenvalue weighted by Gasteiger charge is -2.26. The minimum Gasteiger partial charge on any atom is -0.353 e. The second kappa shape index (κ2) is 5.74. The minimum absolute atomic E-state index is 0.136. The van der Waals surface area contributed by atoms with Crippen LogP contribution >= 0.6 is 15.9 Å². The third-order valence-corrected chi connectivity index (χ3v) is 2.68. The van der Waals surface area contributed by atoms with Gasteiger partial charge in [0.2, 0.25) is 5.91 Å². The average Bonchev–Trinajstić information content (AvgIpc) is 2.01. The molecule has 84 valence electrons. The fraction of sp³-hybridized carbons (Fsp3) is 0.909. The standard InChI is InChI=1S/C11H22BrNO/c1-8(2)9(6-7-12)13-10(14)11(3,4)5/h8-9H,6-7H2,1-5H3,(H,13,14). The van der Waals surface area contributed by atoms with Gasteiger partial charge in [-0.2, -0.15) is 0 Å². The summed E-state index contributed by atoms with van der Waals surface area (Å²) in [6.45, 7) is 10.1. The maximum Gasteiger partial charge on any atom is 0.225 e. The summed E-state index contributed by atoms with van der Waals surface area (Å²) in [6, 6.07) is 0.279. The van der Waals surface area contributed by atoms with Gasteiger partial charge in [-0.05, 0) is 12.3 Å². The van der Waals surface area contributed by atoms with Crippen LogP contribution in [0.25, 0.3) is 0 Å². The van der Waals surface area contributed by atoms with Crippen LogP contribution in [0.1, 0.15) is 41.0 Å². The van der Waals surface area contributed by atoms with E-state index in [0.29, 0.717) is 5.92 Å². The maximum absolute atomic E-state index is 11.7. The van der Waals surface area contributed by atoms with E-state index in [-0.39, 0.29) is 17.4 Å². The van der Waals surface area contributed by atoms with Crippen LogP contribution in [0.2, 0.25) is 0 Å². The lowest BCUT2D eigenvalue weighted by Crippen LogP contribution is -2.44. The van der Waals surface area contributed by atoms with Crippen molar-refractivity contribution in [1.29, 1.82) is 0 Å². The average molecular weight is 264 g/mol. The van der Waals surface area contributed by atoms with Crippen LogP contribution in [-0.4, -0.2) is 17.3 Å².